The third kappa shape index (κ3) is 6.08. The largest absolute Gasteiger partial charge is 0.394 e. The van der Waals surface area contributed by atoms with Crippen LogP contribution in [0.25, 0.3) is 0 Å². The first-order chi connectivity index (χ1) is 9.36. The Hall–Kier alpha value is -0.160. The molecule has 2 N–H and O–H groups in total. The number of unbranched alkanes of at least 4 members (excludes halogenated alkanes) is 1. The van der Waals surface area contributed by atoms with Crippen LogP contribution < -0.4 is 5.32 Å². The highest BCUT2D eigenvalue weighted by Crippen LogP contribution is 2.15. The van der Waals surface area contributed by atoms with Gasteiger partial charge in [-0.15, -0.1) is 0 Å². The van der Waals surface area contributed by atoms with E-state index < -0.39 is 0 Å². The zero-order valence-electron chi connectivity index (χ0n) is 14.2. The van der Waals surface area contributed by atoms with Crippen LogP contribution >= 0.6 is 0 Å². The summed E-state index contributed by atoms with van der Waals surface area (Å²) in [4.78, 5) is 5.02. The molecule has 120 valence electrons. The van der Waals surface area contributed by atoms with Crippen molar-refractivity contribution < 1.29 is 5.11 Å². The minimum atomic E-state index is -0.121. The smallest absolute Gasteiger partial charge is 0.0610 e. The maximum Gasteiger partial charge on any atom is 0.0610 e. The lowest BCUT2D eigenvalue weighted by Gasteiger charge is -2.38. The third-order valence-corrected chi connectivity index (χ3v) is 4.48. The minimum Gasteiger partial charge on any atom is -0.394 e. The van der Waals surface area contributed by atoms with Gasteiger partial charge in [-0.1, -0.05) is 20.3 Å². The Morgan fingerprint density at radius 2 is 2.00 bits per heavy atom. The van der Waals surface area contributed by atoms with Crippen molar-refractivity contribution in [3.63, 3.8) is 0 Å². The topological polar surface area (TPSA) is 38.7 Å². The lowest BCUT2D eigenvalue weighted by atomic mass is 9.94. The molecule has 0 aromatic rings. The molecule has 1 aliphatic rings. The highest BCUT2D eigenvalue weighted by atomic mass is 16.3. The Morgan fingerprint density at radius 3 is 2.55 bits per heavy atom. The first-order valence-electron chi connectivity index (χ1n) is 8.17. The van der Waals surface area contributed by atoms with Crippen LogP contribution in [0.1, 0.15) is 47.0 Å². The summed E-state index contributed by atoms with van der Waals surface area (Å²) in [7, 11) is 2.21. The summed E-state index contributed by atoms with van der Waals surface area (Å²) in [5.74, 6) is 0. The molecule has 0 saturated carbocycles. The van der Waals surface area contributed by atoms with E-state index in [4.69, 9.17) is 0 Å². The molecule has 0 spiro atoms. The number of hydrogen-bond donors (Lipinski definition) is 2. The molecule has 1 rings (SSSR count). The van der Waals surface area contributed by atoms with E-state index >= 15 is 0 Å². The average Bonchev–Trinajstić information content (AvgIpc) is 2.38. The quantitative estimate of drug-likeness (QED) is 0.664. The van der Waals surface area contributed by atoms with Crippen LogP contribution in [-0.2, 0) is 0 Å². The van der Waals surface area contributed by atoms with E-state index in [-0.39, 0.29) is 12.1 Å². The molecule has 1 saturated heterocycles. The zero-order chi connectivity index (χ0) is 15.2. The number of nitrogens with zero attached hydrogens (tertiary/aromatic N) is 2. The molecular formula is C16H35N3O. The average molecular weight is 285 g/mol. The lowest BCUT2D eigenvalue weighted by Crippen LogP contribution is -2.50. The standard InChI is InChI=1S/C16H35N3O/c1-14(2)17-16(4,13-20)8-6-7-9-19-11-10-18(5)15(3)12-19/h14-15,17,20H,6-13H2,1-5H3. The normalized spacial score (nSPS) is 25.1. The van der Waals surface area contributed by atoms with Crippen LogP contribution in [0.15, 0.2) is 0 Å². The first-order valence-corrected chi connectivity index (χ1v) is 8.17. The van der Waals surface area contributed by atoms with E-state index in [1.165, 1.54) is 39.0 Å². The van der Waals surface area contributed by atoms with E-state index in [0.29, 0.717) is 12.1 Å². The fourth-order valence-corrected chi connectivity index (χ4v) is 3.07. The molecule has 2 unspecified atom stereocenters. The Balaban J connectivity index is 2.20. The number of aliphatic hydroxyl groups excluding tert-OH is 1. The number of rotatable bonds is 8. The van der Waals surface area contributed by atoms with Crippen molar-refractivity contribution in [1.82, 2.24) is 15.1 Å². The van der Waals surface area contributed by atoms with Gasteiger partial charge in [0.15, 0.2) is 0 Å². The van der Waals surface area contributed by atoms with Gasteiger partial charge >= 0.3 is 0 Å². The van der Waals surface area contributed by atoms with E-state index in [9.17, 15) is 5.11 Å². The van der Waals surface area contributed by atoms with Crippen molar-refractivity contribution in [2.45, 2.75) is 64.6 Å². The van der Waals surface area contributed by atoms with E-state index in [0.717, 1.165) is 6.42 Å². The SMILES string of the molecule is CC(C)NC(C)(CO)CCCCN1CCN(C)C(C)C1. The summed E-state index contributed by atoms with van der Waals surface area (Å²) in [6, 6.07) is 1.10. The summed E-state index contributed by atoms with van der Waals surface area (Å²) in [5, 5.41) is 13.1. The Bertz CT molecular complexity index is 272. The van der Waals surface area contributed by atoms with Gasteiger partial charge in [-0.3, -0.25) is 0 Å². The highest BCUT2D eigenvalue weighted by molar-refractivity contribution is 4.84. The Labute approximate surface area is 125 Å². The number of piperazine rings is 1. The van der Waals surface area contributed by atoms with Crippen molar-refractivity contribution in [1.29, 1.82) is 0 Å². The summed E-state index contributed by atoms with van der Waals surface area (Å²) >= 11 is 0. The predicted molar refractivity (Wildman–Crippen MR) is 86.1 cm³/mol. The van der Waals surface area contributed by atoms with Crippen LogP contribution in [0.3, 0.4) is 0 Å². The first kappa shape index (κ1) is 17.9. The molecule has 1 fully saturated rings. The number of aliphatic hydroxyl groups is 1. The molecule has 0 bridgehead atoms. The summed E-state index contributed by atoms with van der Waals surface area (Å²) in [6.45, 7) is 13.7. The highest BCUT2D eigenvalue weighted by Gasteiger charge is 2.24. The number of likely N-dealkylation sites (N-methyl/N-ethyl adjacent to an activating group) is 1. The van der Waals surface area contributed by atoms with Crippen LogP contribution in [0, 0.1) is 0 Å². The molecule has 0 aromatic heterocycles. The van der Waals surface area contributed by atoms with Crippen molar-refractivity contribution in [3.05, 3.63) is 0 Å². The molecule has 4 heteroatoms. The van der Waals surface area contributed by atoms with Gasteiger partial charge in [0.05, 0.1) is 6.61 Å². The van der Waals surface area contributed by atoms with E-state index in [1.54, 1.807) is 0 Å². The van der Waals surface area contributed by atoms with Gasteiger partial charge in [-0.2, -0.15) is 0 Å². The van der Waals surface area contributed by atoms with Gasteiger partial charge in [0.25, 0.3) is 0 Å². The maximum absolute atomic E-state index is 9.57. The van der Waals surface area contributed by atoms with Crippen molar-refractivity contribution in [2.75, 3.05) is 39.8 Å². The second kappa shape index (κ2) is 8.32. The van der Waals surface area contributed by atoms with Crippen molar-refractivity contribution >= 4 is 0 Å². The van der Waals surface area contributed by atoms with E-state index in [1.807, 2.05) is 0 Å². The van der Waals surface area contributed by atoms with Crippen LogP contribution in [0.2, 0.25) is 0 Å². The molecule has 0 aliphatic carbocycles. The van der Waals surface area contributed by atoms with Gasteiger partial charge in [-0.25, -0.2) is 0 Å². The van der Waals surface area contributed by atoms with Gasteiger partial charge in [0, 0.05) is 37.3 Å². The molecule has 1 aliphatic heterocycles. The fraction of sp³-hybridized carbons (Fsp3) is 1.00. The lowest BCUT2D eigenvalue weighted by molar-refractivity contribution is 0.101. The molecule has 4 nitrogen and oxygen atoms in total. The molecule has 1 heterocycles. The Kier molecular flexibility index (Phi) is 7.45. The Morgan fingerprint density at radius 1 is 1.30 bits per heavy atom. The fourth-order valence-electron chi connectivity index (χ4n) is 3.07. The van der Waals surface area contributed by atoms with Crippen molar-refractivity contribution in [2.24, 2.45) is 0 Å². The second-order valence-electron chi connectivity index (χ2n) is 7.11. The number of hydrogen-bond acceptors (Lipinski definition) is 4. The summed E-state index contributed by atoms with van der Waals surface area (Å²) in [5.41, 5.74) is -0.121. The zero-order valence-corrected chi connectivity index (χ0v) is 14.2. The molecule has 0 radical (unpaired) electrons. The van der Waals surface area contributed by atoms with Gasteiger partial charge in [-0.05, 0) is 40.3 Å². The maximum atomic E-state index is 9.57. The van der Waals surface area contributed by atoms with E-state index in [2.05, 4.69) is 49.9 Å². The summed E-state index contributed by atoms with van der Waals surface area (Å²) in [6.07, 6.45) is 3.45. The molecule has 0 aromatic carbocycles. The third-order valence-electron chi connectivity index (χ3n) is 4.48. The molecule has 2 atom stereocenters. The van der Waals surface area contributed by atoms with Gasteiger partial charge in [0.2, 0.25) is 0 Å². The van der Waals surface area contributed by atoms with Crippen LogP contribution in [0.5, 0.6) is 0 Å². The van der Waals surface area contributed by atoms with Crippen LogP contribution in [0.4, 0.5) is 0 Å². The monoisotopic (exact) mass is 285 g/mol. The molecule has 20 heavy (non-hydrogen) atoms. The van der Waals surface area contributed by atoms with Crippen molar-refractivity contribution in [3.8, 4) is 0 Å². The van der Waals surface area contributed by atoms with Gasteiger partial charge < -0.3 is 20.2 Å². The summed E-state index contributed by atoms with van der Waals surface area (Å²) < 4.78 is 0. The number of nitrogens with one attached hydrogen (secondary N) is 1. The van der Waals surface area contributed by atoms with Crippen LogP contribution in [-0.4, -0.2) is 72.4 Å². The van der Waals surface area contributed by atoms with Gasteiger partial charge in [0.1, 0.15) is 0 Å². The second-order valence-corrected chi connectivity index (χ2v) is 7.11. The molecule has 0 amide bonds. The minimum absolute atomic E-state index is 0.121. The predicted octanol–water partition coefficient (Wildman–Crippen LogP) is 1.54. The molecular weight excluding hydrogens is 250 g/mol.